The number of nitrogens with zero attached hydrogens (tertiary/aromatic N) is 1. The number of ether oxygens (including phenoxy) is 1. The van der Waals surface area contributed by atoms with Crippen LogP contribution in [0, 0.1) is 11.3 Å². The summed E-state index contributed by atoms with van der Waals surface area (Å²) in [4.78, 5) is 0. The molecule has 2 nitrogen and oxygen atoms in total. The lowest BCUT2D eigenvalue weighted by atomic mass is 9.89. The van der Waals surface area contributed by atoms with Crippen molar-refractivity contribution in [3.63, 3.8) is 0 Å². The molecule has 1 aliphatic heterocycles. The van der Waals surface area contributed by atoms with Gasteiger partial charge in [-0.25, -0.2) is 0 Å². The summed E-state index contributed by atoms with van der Waals surface area (Å²) in [5.41, 5.74) is 4.92. The molecule has 0 fully saturated rings. The van der Waals surface area contributed by atoms with Gasteiger partial charge in [-0.15, -0.1) is 0 Å². The second-order valence-electron chi connectivity index (χ2n) is 5.23. The zero-order valence-corrected chi connectivity index (χ0v) is 13.9. The van der Waals surface area contributed by atoms with E-state index in [4.69, 9.17) is 4.74 Å². The molecular formula is C19H16BrNO. The van der Waals surface area contributed by atoms with E-state index in [0.717, 1.165) is 46.4 Å². The predicted octanol–water partition coefficient (Wildman–Crippen LogP) is 5.60. The van der Waals surface area contributed by atoms with Crippen molar-refractivity contribution in [1.82, 2.24) is 0 Å². The molecule has 2 aromatic carbocycles. The Morgan fingerprint density at radius 1 is 1.14 bits per heavy atom. The molecule has 0 radical (unpaired) electrons. The number of rotatable bonds is 2. The molecule has 22 heavy (non-hydrogen) atoms. The fourth-order valence-electron chi connectivity index (χ4n) is 2.83. The summed E-state index contributed by atoms with van der Waals surface area (Å²) >= 11 is 3.62. The summed E-state index contributed by atoms with van der Waals surface area (Å²) in [6.07, 6.45) is 1.71. The number of alkyl halides is 1. The first-order valence-electron chi connectivity index (χ1n) is 7.39. The van der Waals surface area contributed by atoms with Gasteiger partial charge in [-0.05, 0) is 34.0 Å². The van der Waals surface area contributed by atoms with Crippen LogP contribution in [0.3, 0.4) is 0 Å². The maximum absolute atomic E-state index is 9.66. The number of hydrogen-bond donors (Lipinski definition) is 0. The average molecular weight is 354 g/mol. The van der Waals surface area contributed by atoms with E-state index in [1.165, 1.54) is 0 Å². The third-order valence-electron chi connectivity index (χ3n) is 3.80. The second kappa shape index (κ2) is 6.37. The third-order valence-corrected chi connectivity index (χ3v) is 4.48. The van der Waals surface area contributed by atoms with Crippen LogP contribution in [0.1, 0.15) is 41.5 Å². The first kappa shape index (κ1) is 14.9. The highest BCUT2D eigenvalue weighted by molar-refractivity contribution is 9.09. The second-order valence-corrected chi connectivity index (χ2v) is 6.06. The molecule has 0 aromatic heterocycles. The molecule has 110 valence electrons. The van der Waals surface area contributed by atoms with Crippen molar-refractivity contribution < 1.29 is 4.74 Å². The van der Waals surface area contributed by atoms with Crippen LogP contribution < -0.4 is 4.74 Å². The van der Waals surface area contributed by atoms with Gasteiger partial charge in [-0.1, -0.05) is 55.8 Å². The fourth-order valence-corrected chi connectivity index (χ4v) is 3.43. The van der Waals surface area contributed by atoms with Gasteiger partial charge in [0.25, 0.3) is 0 Å². The Morgan fingerprint density at radius 2 is 1.82 bits per heavy atom. The lowest BCUT2D eigenvalue weighted by molar-refractivity contribution is 0.303. The smallest absolute Gasteiger partial charge is 0.179 e. The van der Waals surface area contributed by atoms with Gasteiger partial charge >= 0.3 is 0 Å². The van der Waals surface area contributed by atoms with Crippen molar-refractivity contribution in [2.24, 2.45) is 0 Å². The summed E-state index contributed by atoms with van der Waals surface area (Å²) in [6, 6.07) is 18.4. The van der Waals surface area contributed by atoms with Gasteiger partial charge in [0, 0.05) is 22.3 Å². The molecule has 0 aliphatic carbocycles. The lowest BCUT2D eigenvalue weighted by Gasteiger charge is -2.13. The van der Waals surface area contributed by atoms with Gasteiger partial charge in [0.1, 0.15) is 5.75 Å². The van der Waals surface area contributed by atoms with Crippen molar-refractivity contribution >= 4 is 21.5 Å². The van der Waals surface area contributed by atoms with Crippen LogP contribution in [0.25, 0.3) is 5.57 Å². The van der Waals surface area contributed by atoms with E-state index in [-0.39, 0.29) is 5.01 Å². The molecule has 0 bridgehead atoms. The number of allylic oxidation sites excluding steroid dienone is 1. The van der Waals surface area contributed by atoms with E-state index in [1.807, 2.05) is 42.5 Å². The summed E-state index contributed by atoms with van der Waals surface area (Å²) in [6.45, 7) is 2.09. The largest absolute Gasteiger partial charge is 0.474 e. The van der Waals surface area contributed by atoms with Crippen molar-refractivity contribution in [3.05, 3.63) is 70.8 Å². The zero-order chi connectivity index (χ0) is 15.5. The Balaban J connectivity index is 2.37. The van der Waals surface area contributed by atoms with Crippen LogP contribution >= 0.6 is 15.9 Å². The molecule has 2 aromatic rings. The Labute approximate surface area is 139 Å². The Morgan fingerprint density at radius 3 is 2.55 bits per heavy atom. The van der Waals surface area contributed by atoms with Crippen LogP contribution in [-0.2, 0) is 0 Å². The number of benzene rings is 2. The number of halogens is 1. The number of nitriles is 1. The van der Waals surface area contributed by atoms with Crippen molar-refractivity contribution in [1.29, 1.82) is 5.26 Å². The van der Waals surface area contributed by atoms with Gasteiger partial charge in [-0.2, -0.15) is 5.26 Å². The average Bonchev–Trinajstić information content (AvgIpc) is 2.67. The SMILES string of the molecule is CCC/C(C#N)=C1/c2ccccc2OC(Br)c2ccccc21. The highest BCUT2D eigenvalue weighted by Gasteiger charge is 2.26. The van der Waals surface area contributed by atoms with E-state index < -0.39 is 0 Å². The molecular weight excluding hydrogens is 338 g/mol. The highest BCUT2D eigenvalue weighted by atomic mass is 79.9. The van der Waals surface area contributed by atoms with Crippen LogP contribution in [-0.4, -0.2) is 0 Å². The molecule has 1 unspecified atom stereocenters. The minimum atomic E-state index is -0.219. The quantitative estimate of drug-likeness (QED) is 0.520. The third kappa shape index (κ3) is 2.55. The Bertz CT molecular complexity index is 773. The van der Waals surface area contributed by atoms with Crippen LogP contribution in [0.2, 0.25) is 0 Å². The van der Waals surface area contributed by atoms with E-state index in [2.05, 4.69) is 35.0 Å². The van der Waals surface area contributed by atoms with E-state index in [9.17, 15) is 5.26 Å². The molecule has 1 aliphatic rings. The van der Waals surface area contributed by atoms with Gasteiger partial charge in [0.2, 0.25) is 0 Å². The van der Waals surface area contributed by atoms with E-state index in [0.29, 0.717) is 0 Å². The molecule has 1 atom stereocenters. The van der Waals surface area contributed by atoms with Gasteiger partial charge in [0.05, 0.1) is 6.07 Å². The first-order chi connectivity index (χ1) is 10.8. The van der Waals surface area contributed by atoms with E-state index in [1.54, 1.807) is 0 Å². The van der Waals surface area contributed by atoms with Crippen molar-refractivity contribution in [3.8, 4) is 11.8 Å². The normalized spacial score (nSPS) is 18.3. The highest BCUT2D eigenvalue weighted by Crippen LogP contribution is 2.44. The van der Waals surface area contributed by atoms with Crippen molar-refractivity contribution in [2.45, 2.75) is 24.8 Å². The minimum Gasteiger partial charge on any atom is -0.474 e. The maximum Gasteiger partial charge on any atom is 0.179 e. The minimum absolute atomic E-state index is 0.219. The molecule has 0 spiro atoms. The molecule has 0 amide bonds. The lowest BCUT2D eigenvalue weighted by Crippen LogP contribution is -1.99. The molecule has 3 heteroatoms. The number of hydrogen-bond acceptors (Lipinski definition) is 2. The predicted molar refractivity (Wildman–Crippen MR) is 91.7 cm³/mol. The Kier molecular flexibility index (Phi) is 4.31. The molecule has 0 saturated heterocycles. The number of fused-ring (bicyclic) bond motifs is 2. The summed E-state index contributed by atoms with van der Waals surface area (Å²) < 4.78 is 6.06. The van der Waals surface area contributed by atoms with Gasteiger partial charge < -0.3 is 4.74 Å². The van der Waals surface area contributed by atoms with E-state index >= 15 is 0 Å². The Hall–Kier alpha value is -2.05. The molecule has 0 N–H and O–H groups in total. The zero-order valence-electron chi connectivity index (χ0n) is 12.3. The van der Waals surface area contributed by atoms with Crippen molar-refractivity contribution in [2.75, 3.05) is 0 Å². The van der Waals surface area contributed by atoms with Crippen LogP contribution in [0.5, 0.6) is 5.75 Å². The molecule has 1 heterocycles. The molecule has 0 saturated carbocycles. The standard InChI is InChI=1S/C19H16BrNO/c1-2-7-13(12-21)18-14-8-3-4-9-15(14)19(20)22-17-11-6-5-10-16(17)18/h3-6,8-11,19H,2,7H2,1H3/b18-13-. The van der Waals surface area contributed by atoms with Gasteiger partial charge in [0.15, 0.2) is 5.01 Å². The number of para-hydroxylation sites is 1. The monoisotopic (exact) mass is 353 g/mol. The summed E-state index contributed by atoms with van der Waals surface area (Å²) in [5, 5.41) is 9.44. The molecule has 3 rings (SSSR count). The van der Waals surface area contributed by atoms with Crippen LogP contribution in [0.4, 0.5) is 0 Å². The summed E-state index contributed by atoms with van der Waals surface area (Å²) in [5.74, 6) is 0.805. The summed E-state index contributed by atoms with van der Waals surface area (Å²) in [7, 11) is 0. The van der Waals surface area contributed by atoms with Crippen LogP contribution in [0.15, 0.2) is 54.1 Å². The topological polar surface area (TPSA) is 33.0 Å². The fraction of sp³-hybridized carbons (Fsp3) is 0.211. The van der Waals surface area contributed by atoms with Gasteiger partial charge in [-0.3, -0.25) is 0 Å². The first-order valence-corrected chi connectivity index (χ1v) is 8.30. The maximum atomic E-state index is 9.66.